The molecule has 4 rings (SSSR count). The number of imidazole rings is 1. The van der Waals surface area contributed by atoms with Crippen molar-refractivity contribution in [2.24, 2.45) is 0 Å². The van der Waals surface area contributed by atoms with Crippen LogP contribution in [0.3, 0.4) is 0 Å². The zero-order chi connectivity index (χ0) is 15.1. The van der Waals surface area contributed by atoms with Gasteiger partial charge in [0.2, 0.25) is 0 Å². The molecule has 1 atom stereocenters. The highest BCUT2D eigenvalue weighted by atomic mass is 16.5. The van der Waals surface area contributed by atoms with Crippen molar-refractivity contribution in [2.75, 3.05) is 13.1 Å². The van der Waals surface area contributed by atoms with Crippen LogP contribution < -0.4 is 0 Å². The highest BCUT2D eigenvalue weighted by molar-refractivity contribution is 5.92. The number of aryl methyl sites for hydroxylation is 1. The quantitative estimate of drug-likeness (QED) is 0.873. The molecule has 1 amide bonds. The van der Waals surface area contributed by atoms with E-state index in [-0.39, 0.29) is 5.91 Å². The minimum Gasteiger partial charge on any atom is -0.360 e. The molecule has 1 saturated carbocycles. The third-order valence-corrected chi connectivity index (χ3v) is 4.67. The Morgan fingerprint density at radius 1 is 1.36 bits per heavy atom. The molecule has 2 aromatic heterocycles. The van der Waals surface area contributed by atoms with Gasteiger partial charge in [-0.25, -0.2) is 4.98 Å². The maximum atomic E-state index is 12.6. The van der Waals surface area contributed by atoms with Crippen LogP contribution in [0.2, 0.25) is 0 Å². The smallest absolute Gasteiger partial charge is 0.276 e. The molecule has 0 bridgehead atoms. The van der Waals surface area contributed by atoms with Gasteiger partial charge in [0.05, 0.1) is 6.04 Å². The lowest BCUT2D eigenvalue weighted by Crippen LogP contribution is -2.41. The van der Waals surface area contributed by atoms with E-state index >= 15 is 0 Å². The van der Waals surface area contributed by atoms with Gasteiger partial charge in [0, 0.05) is 37.5 Å². The van der Waals surface area contributed by atoms with E-state index in [2.05, 4.69) is 14.7 Å². The zero-order valence-electron chi connectivity index (χ0n) is 12.7. The number of hydrogen-bond donors (Lipinski definition) is 0. The molecule has 0 radical (unpaired) electrons. The van der Waals surface area contributed by atoms with Crippen LogP contribution in [0.5, 0.6) is 0 Å². The van der Waals surface area contributed by atoms with Crippen molar-refractivity contribution < 1.29 is 9.32 Å². The fraction of sp³-hybridized carbons (Fsp3) is 0.562. The Bertz CT molecular complexity index is 686. The molecule has 2 aliphatic rings. The molecule has 116 valence electrons. The van der Waals surface area contributed by atoms with Crippen molar-refractivity contribution in [1.29, 1.82) is 0 Å². The summed E-state index contributed by atoms with van der Waals surface area (Å²) in [7, 11) is 0. The van der Waals surface area contributed by atoms with Crippen LogP contribution in [-0.2, 0) is 0 Å². The Kier molecular flexibility index (Phi) is 3.24. The molecule has 6 heteroatoms. The highest BCUT2D eigenvalue weighted by Gasteiger charge is 2.31. The molecule has 1 saturated heterocycles. The average Bonchev–Trinajstić information content (AvgIpc) is 3.11. The Morgan fingerprint density at radius 2 is 2.23 bits per heavy atom. The van der Waals surface area contributed by atoms with Crippen molar-refractivity contribution >= 4 is 5.91 Å². The number of piperidine rings is 1. The van der Waals surface area contributed by atoms with Gasteiger partial charge in [-0.1, -0.05) is 5.16 Å². The van der Waals surface area contributed by atoms with Gasteiger partial charge in [-0.15, -0.1) is 0 Å². The number of amides is 1. The Labute approximate surface area is 129 Å². The summed E-state index contributed by atoms with van der Waals surface area (Å²) < 4.78 is 7.47. The van der Waals surface area contributed by atoms with Gasteiger partial charge >= 0.3 is 0 Å². The van der Waals surface area contributed by atoms with E-state index in [1.165, 1.54) is 0 Å². The molecular weight excluding hydrogens is 280 g/mol. The number of nitrogens with zero attached hydrogens (tertiary/aromatic N) is 4. The first kappa shape index (κ1) is 13.5. The van der Waals surface area contributed by atoms with E-state index in [1.807, 2.05) is 30.3 Å². The van der Waals surface area contributed by atoms with Gasteiger partial charge < -0.3 is 14.0 Å². The first-order chi connectivity index (χ1) is 10.7. The van der Waals surface area contributed by atoms with Crippen molar-refractivity contribution in [3.05, 3.63) is 35.7 Å². The predicted molar refractivity (Wildman–Crippen MR) is 79.6 cm³/mol. The molecular formula is C16H20N4O2. The van der Waals surface area contributed by atoms with E-state index in [0.29, 0.717) is 24.2 Å². The molecule has 2 fully saturated rings. The fourth-order valence-electron chi connectivity index (χ4n) is 3.25. The topological polar surface area (TPSA) is 64.2 Å². The summed E-state index contributed by atoms with van der Waals surface area (Å²) in [5.41, 5.74) is 0.449. The van der Waals surface area contributed by atoms with Crippen molar-refractivity contribution in [1.82, 2.24) is 19.6 Å². The second-order valence-electron chi connectivity index (χ2n) is 6.32. The summed E-state index contributed by atoms with van der Waals surface area (Å²) in [4.78, 5) is 18.8. The Hall–Kier alpha value is -2.11. The highest BCUT2D eigenvalue weighted by Crippen LogP contribution is 2.40. The number of aromatic nitrogens is 3. The second-order valence-corrected chi connectivity index (χ2v) is 6.32. The van der Waals surface area contributed by atoms with Crippen molar-refractivity contribution in [3.8, 4) is 0 Å². The van der Waals surface area contributed by atoms with Crippen LogP contribution in [-0.4, -0.2) is 38.6 Å². The fourth-order valence-corrected chi connectivity index (χ4v) is 3.25. The van der Waals surface area contributed by atoms with Crippen LogP contribution in [0.1, 0.15) is 59.7 Å². The van der Waals surface area contributed by atoms with E-state index in [9.17, 15) is 4.79 Å². The summed E-state index contributed by atoms with van der Waals surface area (Å²) >= 11 is 0. The number of hydrogen-bond acceptors (Lipinski definition) is 4. The number of rotatable bonds is 3. The summed E-state index contributed by atoms with van der Waals surface area (Å²) in [6.07, 6.45) is 8.18. The Morgan fingerprint density at radius 3 is 2.95 bits per heavy atom. The standard InChI is InChI=1S/C16H20N4O2/c1-11-17-6-8-20(11)13-3-2-7-19(10-13)16(21)14-9-15(22-18-14)12-4-5-12/h6,8-9,12-13H,2-5,7,10H2,1H3. The van der Waals surface area contributed by atoms with Gasteiger partial charge in [0.25, 0.3) is 5.91 Å². The summed E-state index contributed by atoms with van der Waals surface area (Å²) in [5, 5.41) is 3.97. The average molecular weight is 300 g/mol. The number of carbonyl (C=O) groups excluding carboxylic acids is 1. The summed E-state index contributed by atoms with van der Waals surface area (Å²) in [6.45, 7) is 3.50. The number of likely N-dealkylation sites (tertiary alicyclic amines) is 1. The molecule has 22 heavy (non-hydrogen) atoms. The SMILES string of the molecule is Cc1nccn1C1CCCN(C(=O)c2cc(C3CC3)on2)C1. The van der Waals surface area contributed by atoms with Gasteiger partial charge in [-0.2, -0.15) is 0 Å². The molecule has 0 N–H and O–H groups in total. The first-order valence-corrected chi connectivity index (χ1v) is 7.97. The minimum absolute atomic E-state index is 0.0156. The summed E-state index contributed by atoms with van der Waals surface area (Å²) in [5.74, 6) is 2.33. The van der Waals surface area contributed by atoms with Gasteiger partial charge in [-0.3, -0.25) is 4.79 Å². The molecule has 1 aliphatic carbocycles. The maximum Gasteiger partial charge on any atom is 0.276 e. The molecule has 6 nitrogen and oxygen atoms in total. The molecule has 2 aromatic rings. The molecule has 3 heterocycles. The van der Waals surface area contributed by atoms with Crippen LogP contribution in [0.25, 0.3) is 0 Å². The Balaban J connectivity index is 1.49. The molecule has 1 aliphatic heterocycles. The maximum absolute atomic E-state index is 12.6. The van der Waals surface area contributed by atoms with Crippen LogP contribution in [0.15, 0.2) is 23.0 Å². The monoisotopic (exact) mass is 300 g/mol. The molecule has 0 spiro atoms. The van der Waals surface area contributed by atoms with Crippen molar-refractivity contribution in [2.45, 2.75) is 44.6 Å². The number of carbonyl (C=O) groups is 1. The molecule has 1 unspecified atom stereocenters. The normalized spacial score (nSPS) is 22.0. The van der Waals surface area contributed by atoms with Gasteiger partial charge in [0.15, 0.2) is 5.69 Å². The van der Waals surface area contributed by atoms with E-state index < -0.39 is 0 Å². The first-order valence-electron chi connectivity index (χ1n) is 7.97. The second kappa shape index (κ2) is 5.26. The lowest BCUT2D eigenvalue weighted by molar-refractivity contribution is 0.0667. The predicted octanol–water partition coefficient (Wildman–Crippen LogP) is 2.53. The van der Waals surface area contributed by atoms with Gasteiger partial charge in [0.1, 0.15) is 11.6 Å². The third kappa shape index (κ3) is 2.42. The van der Waals surface area contributed by atoms with Gasteiger partial charge in [-0.05, 0) is 32.6 Å². The van der Waals surface area contributed by atoms with E-state index in [1.54, 1.807) is 0 Å². The third-order valence-electron chi connectivity index (χ3n) is 4.67. The molecule has 0 aromatic carbocycles. The van der Waals surface area contributed by atoms with Crippen LogP contribution >= 0.6 is 0 Å². The minimum atomic E-state index is -0.0156. The largest absolute Gasteiger partial charge is 0.360 e. The summed E-state index contributed by atoms with van der Waals surface area (Å²) in [6, 6.07) is 2.13. The van der Waals surface area contributed by atoms with Crippen LogP contribution in [0, 0.1) is 6.92 Å². The van der Waals surface area contributed by atoms with E-state index in [0.717, 1.165) is 43.8 Å². The lowest BCUT2D eigenvalue weighted by atomic mass is 10.0. The van der Waals surface area contributed by atoms with E-state index in [4.69, 9.17) is 4.52 Å². The zero-order valence-corrected chi connectivity index (χ0v) is 12.7. The lowest BCUT2D eigenvalue weighted by Gasteiger charge is -2.33. The van der Waals surface area contributed by atoms with Crippen LogP contribution in [0.4, 0.5) is 0 Å². The van der Waals surface area contributed by atoms with Crippen molar-refractivity contribution in [3.63, 3.8) is 0 Å².